The van der Waals surface area contributed by atoms with Crippen molar-refractivity contribution in [3.8, 4) is 11.6 Å². The quantitative estimate of drug-likeness (QED) is 0.310. The molecule has 39 heavy (non-hydrogen) atoms. The zero-order valence-corrected chi connectivity index (χ0v) is 22.5. The van der Waals surface area contributed by atoms with Gasteiger partial charge in [0.15, 0.2) is 5.76 Å². The number of nitrogens with two attached hydrogens (primary N) is 1. The summed E-state index contributed by atoms with van der Waals surface area (Å²) in [6, 6.07) is 10.6. The second-order valence-electron chi connectivity index (χ2n) is 10.4. The zero-order valence-electron chi connectivity index (χ0n) is 22.5. The summed E-state index contributed by atoms with van der Waals surface area (Å²) in [7, 11) is 0. The average molecular weight is 532 g/mol. The number of hydrogen-bond donors (Lipinski definition) is 2. The summed E-state index contributed by atoms with van der Waals surface area (Å²) in [5.74, 6) is -0.856. The number of rotatable bonds is 13. The van der Waals surface area contributed by atoms with Gasteiger partial charge in [0.1, 0.15) is 12.0 Å². The minimum Gasteiger partial charge on any atom is -0.431 e. The first-order valence-corrected chi connectivity index (χ1v) is 13.8. The predicted octanol–water partition coefficient (Wildman–Crippen LogP) is 4.46. The first-order chi connectivity index (χ1) is 18.9. The van der Waals surface area contributed by atoms with Gasteiger partial charge in [0.05, 0.1) is 11.7 Å². The molecule has 0 bridgehead atoms. The van der Waals surface area contributed by atoms with Crippen LogP contribution in [0.5, 0.6) is 0 Å². The van der Waals surface area contributed by atoms with Crippen LogP contribution in [-0.4, -0.2) is 38.6 Å². The molecule has 4 rings (SSSR count). The van der Waals surface area contributed by atoms with Gasteiger partial charge in [0, 0.05) is 25.0 Å². The summed E-state index contributed by atoms with van der Waals surface area (Å²) in [5, 5.41) is 2.98. The van der Waals surface area contributed by atoms with Crippen LogP contribution in [0.1, 0.15) is 80.1 Å². The second-order valence-corrected chi connectivity index (χ2v) is 10.4. The molecule has 1 saturated carbocycles. The summed E-state index contributed by atoms with van der Waals surface area (Å²) in [4.78, 5) is 51.4. The Bertz CT molecular complexity index is 1240. The van der Waals surface area contributed by atoms with E-state index in [1.54, 1.807) is 19.2 Å². The van der Waals surface area contributed by atoms with Crippen LogP contribution < -0.4 is 11.1 Å². The molecule has 9 heteroatoms. The number of ketones is 1. The third kappa shape index (κ3) is 8.05. The fourth-order valence-corrected chi connectivity index (χ4v) is 5.06. The van der Waals surface area contributed by atoms with Gasteiger partial charge in [0.2, 0.25) is 23.5 Å². The number of oxazole rings is 1. The van der Waals surface area contributed by atoms with E-state index in [-0.39, 0.29) is 29.8 Å². The Morgan fingerprint density at radius 2 is 1.87 bits per heavy atom. The van der Waals surface area contributed by atoms with Crippen LogP contribution in [0.2, 0.25) is 0 Å². The van der Waals surface area contributed by atoms with Gasteiger partial charge in [-0.3, -0.25) is 14.4 Å². The Kier molecular flexibility index (Phi) is 9.94. The lowest BCUT2D eigenvalue weighted by Gasteiger charge is -2.22. The number of aryl methyl sites for hydroxylation is 1. The number of Topliss-reactive ketones (excluding diaryl/α,β-unsaturated/α-hetero) is 1. The Hall–Kier alpha value is -3.88. The Balaban J connectivity index is 1.57. The standard InChI is InChI=1S/C30H37N5O4/c1-20(29(31)38)18-25-28(39-30(35-25)24-16-17-32-19-33-24)27(37)23(14-12-21-8-4-2-5-9-21)34-26(36)15-13-22-10-6-3-7-11-22/h2,4-5,8-9,16-17,19-20,22-23H,3,6-7,10-15,18H2,1H3,(H2,31,38)(H,34,36). The fraction of sp³-hybridized carbons (Fsp3) is 0.467. The molecule has 3 N–H and O–H groups in total. The molecule has 206 valence electrons. The summed E-state index contributed by atoms with van der Waals surface area (Å²) in [6.45, 7) is 1.68. The Morgan fingerprint density at radius 1 is 1.10 bits per heavy atom. The molecule has 0 saturated heterocycles. The fourth-order valence-electron chi connectivity index (χ4n) is 5.06. The maximum absolute atomic E-state index is 13.9. The van der Waals surface area contributed by atoms with E-state index in [0.717, 1.165) is 24.8 Å². The number of nitrogens with zero attached hydrogens (tertiary/aromatic N) is 3. The van der Waals surface area contributed by atoms with Crippen LogP contribution in [0, 0.1) is 11.8 Å². The van der Waals surface area contributed by atoms with E-state index in [0.29, 0.717) is 36.6 Å². The molecule has 2 heterocycles. The van der Waals surface area contributed by atoms with Gasteiger partial charge in [-0.2, -0.15) is 0 Å². The number of carbonyl (C=O) groups excluding carboxylic acids is 3. The van der Waals surface area contributed by atoms with Crippen molar-refractivity contribution in [2.75, 3.05) is 0 Å². The normalized spacial score (nSPS) is 15.4. The molecule has 0 spiro atoms. The van der Waals surface area contributed by atoms with Crippen LogP contribution in [0.15, 0.2) is 53.3 Å². The summed E-state index contributed by atoms with van der Waals surface area (Å²) < 4.78 is 5.96. The molecule has 1 aliphatic rings. The highest BCUT2D eigenvalue weighted by molar-refractivity contribution is 6.01. The highest BCUT2D eigenvalue weighted by atomic mass is 16.4. The number of hydrogen-bond acceptors (Lipinski definition) is 7. The largest absolute Gasteiger partial charge is 0.431 e. The van der Waals surface area contributed by atoms with Crippen molar-refractivity contribution in [1.29, 1.82) is 0 Å². The maximum atomic E-state index is 13.9. The predicted molar refractivity (Wildman–Crippen MR) is 146 cm³/mol. The summed E-state index contributed by atoms with van der Waals surface area (Å²) in [5.41, 5.74) is 7.30. The van der Waals surface area contributed by atoms with Gasteiger partial charge in [-0.1, -0.05) is 69.4 Å². The van der Waals surface area contributed by atoms with E-state index < -0.39 is 17.9 Å². The Labute approximate surface area is 229 Å². The minimum absolute atomic E-state index is 0.0161. The number of amides is 2. The van der Waals surface area contributed by atoms with Crippen molar-refractivity contribution in [2.45, 2.75) is 77.2 Å². The van der Waals surface area contributed by atoms with E-state index in [9.17, 15) is 14.4 Å². The van der Waals surface area contributed by atoms with Crippen molar-refractivity contribution in [1.82, 2.24) is 20.3 Å². The van der Waals surface area contributed by atoms with Crippen molar-refractivity contribution in [3.63, 3.8) is 0 Å². The number of carbonyl (C=O) groups is 3. The monoisotopic (exact) mass is 531 g/mol. The third-order valence-electron chi connectivity index (χ3n) is 7.43. The SMILES string of the molecule is CC(Cc1nc(-c2ccncn2)oc1C(=O)C(CCc1ccccc1)NC(=O)CCC1CCCCC1)C(N)=O. The molecule has 2 atom stereocenters. The van der Waals surface area contributed by atoms with Gasteiger partial charge < -0.3 is 15.5 Å². The minimum atomic E-state index is -0.808. The van der Waals surface area contributed by atoms with Crippen LogP contribution in [0.25, 0.3) is 11.6 Å². The van der Waals surface area contributed by atoms with Gasteiger partial charge >= 0.3 is 0 Å². The number of nitrogens with one attached hydrogen (secondary N) is 1. The van der Waals surface area contributed by atoms with Gasteiger partial charge in [-0.15, -0.1) is 0 Å². The Morgan fingerprint density at radius 3 is 2.56 bits per heavy atom. The highest BCUT2D eigenvalue weighted by Crippen LogP contribution is 2.28. The lowest BCUT2D eigenvalue weighted by Crippen LogP contribution is -2.41. The van der Waals surface area contributed by atoms with Crippen molar-refractivity contribution in [3.05, 3.63) is 65.9 Å². The molecular weight excluding hydrogens is 494 g/mol. The molecule has 1 aliphatic carbocycles. The maximum Gasteiger partial charge on any atom is 0.246 e. The molecule has 3 aromatic rings. The lowest BCUT2D eigenvalue weighted by molar-refractivity contribution is -0.122. The van der Waals surface area contributed by atoms with Gasteiger partial charge in [-0.05, 0) is 36.8 Å². The van der Waals surface area contributed by atoms with Crippen LogP contribution in [0.4, 0.5) is 0 Å². The van der Waals surface area contributed by atoms with E-state index >= 15 is 0 Å². The third-order valence-corrected chi connectivity index (χ3v) is 7.43. The molecule has 0 aliphatic heterocycles. The molecule has 2 aromatic heterocycles. The zero-order chi connectivity index (χ0) is 27.6. The second kappa shape index (κ2) is 13.8. The van der Waals surface area contributed by atoms with E-state index in [2.05, 4.69) is 20.3 Å². The molecule has 9 nitrogen and oxygen atoms in total. The first-order valence-electron chi connectivity index (χ1n) is 13.8. The molecular formula is C30H37N5O4. The lowest BCUT2D eigenvalue weighted by atomic mass is 9.86. The van der Waals surface area contributed by atoms with E-state index in [1.807, 2.05) is 30.3 Å². The van der Waals surface area contributed by atoms with Gasteiger partial charge in [-0.25, -0.2) is 15.0 Å². The van der Waals surface area contributed by atoms with Crippen molar-refractivity contribution < 1.29 is 18.8 Å². The van der Waals surface area contributed by atoms with Crippen LogP contribution in [-0.2, 0) is 22.4 Å². The van der Waals surface area contributed by atoms with E-state index in [1.165, 1.54) is 25.6 Å². The summed E-state index contributed by atoms with van der Waals surface area (Å²) in [6.07, 6.45) is 11.3. The van der Waals surface area contributed by atoms with Crippen molar-refractivity contribution >= 4 is 17.6 Å². The molecule has 0 radical (unpaired) electrons. The average Bonchev–Trinajstić information content (AvgIpc) is 3.39. The summed E-state index contributed by atoms with van der Waals surface area (Å²) >= 11 is 0. The number of benzene rings is 1. The van der Waals surface area contributed by atoms with Crippen molar-refractivity contribution in [2.24, 2.45) is 17.6 Å². The van der Waals surface area contributed by atoms with E-state index in [4.69, 9.17) is 10.2 Å². The molecule has 2 amide bonds. The molecule has 1 aromatic carbocycles. The highest BCUT2D eigenvalue weighted by Gasteiger charge is 2.31. The molecule has 2 unspecified atom stereocenters. The van der Waals surface area contributed by atoms with Crippen LogP contribution in [0.3, 0.4) is 0 Å². The topological polar surface area (TPSA) is 141 Å². The number of aromatic nitrogens is 3. The smallest absolute Gasteiger partial charge is 0.246 e. The first kappa shape index (κ1) is 28.1. The number of primary amides is 1. The van der Waals surface area contributed by atoms with Crippen LogP contribution >= 0.6 is 0 Å². The molecule has 1 fully saturated rings. The van der Waals surface area contributed by atoms with Gasteiger partial charge in [0.25, 0.3) is 0 Å².